The zero-order valence-corrected chi connectivity index (χ0v) is 11.1. The van der Waals surface area contributed by atoms with E-state index in [1.54, 1.807) is 19.2 Å². The van der Waals surface area contributed by atoms with Crippen molar-refractivity contribution in [3.05, 3.63) is 70.0 Å². The molecule has 1 unspecified atom stereocenters. The van der Waals surface area contributed by atoms with E-state index in [1.165, 1.54) is 6.07 Å². The zero-order chi connectivity index (χ0) is 13.1. The molecule has 0 radical (unpaired) electrons. The van der Waals surface area contributed by atoms with Crippen molar-refractivity contribution in [3.8, 4) is 0 Å². The molecule has 1 nitrogen and oxygen atoms in total. The Labute approximate surface area is 112 Å². The second kappa shape index (κ2) is 5.51. The topological polar surface area (TPSA) is 12.0 Å². The lowest BCUT2D eigenvalue weighted by molar-refractivity contribution is 0.576. The molecule has 0 fully saturated rings. The molecule has 3 heteroatoms. The summed E-state index contributed by atoms with van der Waals surface area (Å²) in [6, 6.07) is 12.5. The maximum atomic E-state index is 13.9. The molecule has 0 heterocycles. The lowest BCUT2D eigenvalue weighted by atomic mass is 9.97. The minimum absolute atomic E-state index is 0.237. The van der Waals surface area contributed by atoms with Gasteiger partial charge < -0.3 is 5.32 Å². The van der Waals surface area contributed by atoms with E-state index in [0.29, 0.717) is 10.6 Å². The summed E-state index contributed by atoms with van der Waals surface area (Å²) < 4.78 is 13.9. The van der Waals surface area contributed by atoms with Crippen molar-refractivity contribution in [1.29, 1.82) is 0 Å². The SMILES string of the molecule is CNC(c1cccc(C)c1)c1c(F)cccc1Cl. The molecule has 0 spiro atoms. The Kier molecular flexibility index (Phi) is 4.00. The van der Waals surface area contributed by atoms with Gasteiger partial charge in [-0.2, -0.15) is 0 Å². The normalized spacial score (nSPS) is 12.4. The van der Waals surface area contributed by atoms with Crippen LogP contribution in [0.4, 0.5) is 4.39 Å². The summed E-state index contributed by atoms with van der Waals surface area (Å²) in [6.07, 6.45) is 0. The monoisotopic (exact) mass is 263 g/mol. The average Bonchev–Trinajstić information content (AvgIpc) is 2.34. The lowest BCUT2D eigenvalue weighted by Crippen LogP contribution is -2.19. The summed E-state index contributed by atoms with van der Waals surface area (Å²) in [6.45, 7) is 2.01. The van der Waals surface area contributed by atoms with Crippen LogP contribution in [-0.4, -0.2) is 7.05 Å². The van der Waals surface area contributed by atoms with Crippen LogP contribution in [0, 0.1) is 12.7 Å². The molecule has 2 aromatic carbocycles. The van der Waals surface area contributed by atoms with Gasteiger partial charge in [0, 0.05) is 10.6 Å². The Morgan fingerprint density at radius 2 is 1.89 bits per heavy atom. The van der Waals surface area contributed by atoms with Gasteiger partial charge in [0.15, 0.2) is 0 Å². The fraction of sp³-hybridized carbons (Fsp3) is 0.200. The van der Waals surface area contributed by atoms with Crippen LogP contribution in [-0.2, 0) is 0 Å². The van der Waals surface area contributed by atoms with Crippen LogP contribution in [0.3, 0.4) is 0 Å². The minimum Gasteiger partial charge on any atom is -0.309 e. The number of benzene rings is 2. The van der Waals surface area contributed by atoms with Crippen LogP contribution in [0.25, 0.3) is 0 Å². The van der Waals surface area contributed by atoms with Crippen molar-refractivity contribution in [2.24, 2.45) is 0 Å². The number of rotatable bonds is 3. The molecule has 0 saturated heterocycles. The first-order valence-corrected chi connectivity index (χ1v) is 6.19. The number of hydrogen-bond donors (Lipinski definition) is 1. The van der Waals surface area contributed by atoms with Crippen molar-refractivity contribution in [1.82, 2.24) is 5.32 Å². The van der Waals surface area contributed by atoms with Crippen molar-refractivity contribution in [3.63, 3.8) is 0 Å². The summed E-state index contributed by atoms with van der Waals surface area (Å²) in [7, 11) is 1.80. The highest BCUT2D eigenvalue weighted by Gasteiger charge is 2.19. The van der Waals surface area contributed by atoms with E-state index in [1.807, 2.05) is 31.2 Å². The molecule has 0 aliphatic carbocycles. The highest BCUT2D eigenvalue weighted by Crippen LogP contribution is 2.30. The highest BCUT2D eigenvalue weighted by atomic mass is 35.5. The Morgan fingerprint density at radius 1 is 1.17 bits per heavy atom. The molecule has 2 aromatic rings. The summed E-state index contributed by atoms with van der Waals surface area (Å²) in [5.41, 5.74) is 2.64. The highest BCUT2D eigenvalue weighted by molar-refractivity contribution is 6.31. The van der Waals surface area contributed by atoms with Gasteiger partial charge in [-0.25, -0.2) is 4.39 Å². The van der Waals surface area contributed by atoms with Gasteiger partial charge in [-0.3, -0.25) is 0 Å². The van der Waals surface area contributed by atoms with Gasteiger partial charge in [-0.15, -0.1) is 0 Å². The third kappa shape index (κ3) is 2.55. The first kappa shape index (κ1) is 13.1. The van der Waals surface area contributed by atoms with Gasteiger partial charge in [-0.1, -0.05) is 47.5 Å². The average molecular weight is 264 g/mol. The Hall–Kier alpha value is -1.38. The lowest BCUT2D eigenvalue weighted by Gasteiger charge is -2.19. The molecular formula is C15H15ClFN. The molecule has 18 heavy (non-hydrogen) atoms. The van der Waals surface area contributed by atoms with E-state index in [2.05, 4.69) is 5.32 Å². The third-order valence-electron chi connectivity index (χ3n) is 2.95. The van der Waals surface area contributed by atoms with Crippen molar-refractivity contribution >= 4 is 11.6 Å². The summed E-state index contributed by atoms with van der Waals surface area (Å²) in [5, 5.41) is 3.56. The van der Waals surface area contributed by atoms with Gasteiger partial charge in [-0.05, 0) is 31.7 Å². The van der Waals surface area contributed by atoms with Crippen LogP contribution >= 0.6 is 11.6 Å². The molecular weight excluding hydrogens is 249 g/mol. The fourth-order valence-electron chi connectivity index (χ4n) is 2.11. The molecule has 2 rings (SSSR count). The Balaban J connectivity index is 2.52. The van der Waals surface area contributed by atoms with E-state index >= 15 is 0 Å². The Morgan fingerprint density at radius 3 is 2.50 bits per heavy atom. The minimum atomic E-state index is -0.289. The molecule has 0 saturated carbocycles. The first-order chi connectivity index (χ1) is 8.63. The van der Waals surface area contributed by atoms with Gasteiger partial charge in [0.05, 0.1) is 6.04 Å². The number of nitrogens with one attached hydrogen (secondary N) is 1. The molecule has 1 atom stereocenters. The predicted molar refractivity (Wildman–Crippen MR) is 73.5 cm³/mol. The summed E-state index contributed by atoms with van der Waals surface area (Å²) in [4.78, 5) is 0. The standard InChI is InChI=1S/C15H15ClFN/c1-10-5-3-6-11(9-10)15(18-2)14-12(16)7-4-8-13(14)17/h3-9,15,18H,1-2H3. The van der Waals surface area contributed by atoms with E-state index in [4.69, 9.17) is 11.6 Å². The fourth-order valence-corrected chi connectivity index (χ4v) is 2.39. The quantitative estimate of drug-likeness (QED) is 0.879. The second-order valence-corrected chi connectivity index (χ2v) is 4.68. The number of aryl methyl sites for hydroxylation is 1. The van der Waals surface area contributed by atoms with Gasteiger partial charge in [0.2, 0.25) is 0 Å². The van der Waals surface area contributed by atoms with Crippen molar-refractivity contribution in [2.75, 3.05) is 7.05 Å². The second-order valence-electron chi connectivity index (χ2n) is 4.27. The third-order valence-corrected chi connectivity index (χ3v) is 3.28. The molecule has 0 bridgehead atoms. The van der Waals surface area contributed by atoms with Crippen LogP contribution in [0.2, 0.25) is 5.02 Å². The number of halogens is 2. The largest absolute Gasteiger partial charge is 0.309 e. The Bertz CT molecular complexity index is 534. The maximum Gasteiger partial charge on any atom is 0.129 e. The van der Waals surface area contributed by atoms with E-state index in [-0.39, 0.29) is 11.9 Å². The van der Waals surface area contributed by atoms with Gasteiger partial charge in [0.1, 0.15) is 5.82 Å². The van der Waals surface area contributed by atoms with Crippen molar-refractivity contribution < 1.29 is 4.39 Å². The summed E-state index contributed by atoms with van der Waals surface area (Å²) >= 11 is 6.11. The van der Waals surface area contributed by atoms with Gasteiger partial charge in [0.25, 0.3) is 0 Å². The van der Waals surface area contributed by atoms with Crippen molar-refractivity contribution in [2.45, 2.75) is 13.0 Å². The first-order valence-electron chi connectivity index (χ1n) is 5.81. The van der Waals surface area contributed by atoms with Crippen LogP contribution < -0.4 is 5.32 Å². The van der Waals surface area contributed by atoms with E-state index < -0.39 is 0 Å². The van der Waals surface area contributed by atoms with Crippen LogP contribution in [0.15, 0.2) is 42.5 Å². The van der Waals surface area contributed by atoms with Crippen LogP contribution in [0.5, 0.6) is 0 Å². The molecule has 0 aliphatic rings. The van der Waals surface area contributed by atoms with E-state index in [0.717, 1.165) is 11.1 Å². The van der Waals surface area contributed by atoms with E-state index in [9.17, 15) is 4.39 Å². The molecule has 0 aromatic heterocycles. The summed E-state index contributed by atoms with van der Waals surface area (Å²) in [5.74, 6) is -0.289. The maximum absolute atomic E-state index is 13.9. The van der Waals surface area contributed by atoms with Crippen LogP contribution in [0.1, 0.15) is 22.7 Å². The molecule has 1 N–H and O–H groups in total. The van der Waals surface area contributed by atoms with Gasteiger partial charge >= 0.3 is 0 Å². The number of hydrogen-bond acceptors (Lipinski definition) is 1. The molecule has 94 valence electrons. The molecule has 0 amide bonds. The zero-order valence-electron chi connectivity index (χ0n) is 10.4. The predicted octanol–water partition coefficient (Wildman–Crippen LogP) is 4.10. The smallest absolute Gasteiger partial charge is 0.129 e. The molecule has 0 aliphatic heterocycles.